The lowest BCUT2D eigenvalue weighted by Crippen LogP contribution is -2.56. The van der Waals surface area contributed by atoms with Crippen LogP contribution in [0.1, 0.15) is 23.2 Å². The number of para-hydroxylation sites is 1. The third kappa shape index (κ3) is 2.77. The molecular weight excluding hydrogens is 306 g/mol. The number of carbonyl (C=O) groups excluding carboxylic acids is 1. The molecule has 4 rings (SSSR count). The van der Waals surface area contributed by atoms with E-state index in [-0.39, 0.29) is 30.7 Å². The van der Waals surface area contributed by atoms with Crippen LogP contribution in [0, 0.1) is 11.3 Å². The molecule has 2 aliphatic heterocycles. The molecule has 3 heterocycles. The zero-order valence-electron chi connectivity index (χ0n) is 13.3. The average Bonchev–Trinajstić information content (AvgIpc) is 2.94. The summed E-state index contributed by atoms with van der Waals surface area (Å²) in [6.45, 7) is 1.56. The summed E-state index contributed by atoms with van der Waals surface area (Å²) >= 11 is 0. The fourth-order valence-electron chi connectivity index (χ4n) is 3.71. The van der Waals surface area contributed by atoms with E-state index in [2.05, 4.69) is 11.4 Å². The summed E-state index contributed by atoms with van der Waals surface area (Å²) in [7, 11) is 0. The number of carbonyl (C=O) groups is 1. The number of ether oxygens (including phenoxy) is 2. The van der Waals surface area contributed by atoms with Gasteiger partial charge in [0.25, 0.3) is 0 Å². The van der Waals surface area contributed by atoms with Gasteiger partial charge >= 0.3 is 5.97 Å². The van der Waals surface area contributed by atoms with Crippen molar-refractivity contribution >= 4 is 16.9 Å². The Labute approximate surface area is 140 Å². The third-order valence-electron chi connectivity index (χ3n) is 4.73. The molecule has 1 aromatic heterocycles. The van der Waals surface area contributed by atoms with Crippen LogP contribution >= 0.6 is 0 Å². The molecular formula is C18H19N3O3. The first-order valence-electron chi connectivity index (χ1n) is 8.24. The van der Waals surface area contributed by atoms with Gasteiger partial charge < -0.3 is 19.4 Å². The minimum atomic E-state index is -0.311. The van der Waals surface area contributed by atoms with Crippen molar-refractivity contribution < 1.29 is 14.3 Å². The SMILES string of the molecule is N#CCn1cc(C(=O)OC2CC3COCC(C2)N3)c2ccccc21. The van der Waals surface area contributed by atoms with E-state index < -0.39 is 0 Å². The van der Waals surface area contributed by atoms with Crippen molar-refractivity contribution in [2.75, 3.05) is 13.2 Å². The number of hydrogen-bond acceptors (Lipinski definition) is 5. The number of nitrogens with zero attached hydrogens (tertiary/aromatic N) is 2. The molecule has 6 nitrogen and oxygen atoms in total. The number of piperidine rings is 1. The first-order valence-corrected chi connectivity index (χ1v) is 8.24. The lowest BCUT2D eigenvalue weighted by atomic mass is 9.94. The Balaban J connectivity index is 1.56. The molecule has 2 bridgehead atoms. The maximum atomic E-state index is 12.7. The standard InChI is InChI=1S/C18H19N3O3/c19-5-6-21-9-16(15-3-1-2-4-17(15)21)18(22)24-14-7-12-10-23-11-13(8-14)20-12/h1-4,9,12-14,20H,6-8,10-11H2. The van der Waals surface area contributed by atoms with Crippen LogP contribution in [0.3, 0.4) is 0 Å². The zero-order chi connectivity index (χ0) is 16.5. The molecule has 6 heteroatoms. The molecule has 0 amide bonds. The number of nitriles is 1. The summed E-state index contributed by atoms with van der Waals surface area (Å²) < 4.78 is 13.1. The Bertz CT molecular complexity index is 795. The second-order valence-corrected chi connectivity index (χ2v) is 6.44. The van der Waals surface area contributed by atoms with E-state index in [1.54, 1.807) is 10.8 Å². The second-order valence-electron chi connectivity index (χ2n) is 6.44. The number of benzene rings is 1. The minimum absolute atomic E-state index is 0.0873. The highest BCUT2D eigenvalue weighted by Gasteiger charge is 2.34. The van der Waals surface area contributed by atoms with Gasteiger partial charge in [0, 0.05) is 42.0 Å². The first kappa shape index (κ1) is 15.2. The van der Waals surface area contributed by atoms with Gasteiger partial charge in [-0.2, -0.15) is 5.26 Å². The van der Waals surface area contributed by atoms with Gasteiger partial charge in [0.05, 0.1) is 24.8 Å². The van der Waals surface area contributed by atoms with Crippen LogP contribution in [0.15, 0.2) is 30.5 Å². The molecule has 24 heavy (non-hydrogen) atoms. The van der Waals surface area contributed by atoms with Gasteiger partial charge in [0.2, 0.25) is 0 Å². The number of fused-ring (bicyclic) bond motifs is 3. The van der Waals surface area contributed by atoms with Gasteiger partial charge in [-0.25, -0.2) is 4.79 Å². The maximum absolute atomic E-state index is 12.7. The van der Waals surface area contributed by atoms with E-state index in [9.17, 15) is 4.79 Å². The van der Waals surface area contributed by atoms with Gasteiger partial charge in [-0.05, 0) is 6.07 Å². The Hall–Kier alpha value is -2.36. The summed E-state index contributed by atoms with van der Waals surface area (Å²) in [6, 6.07) is 10.2. The van der Waals surface area contributed by atoms with Gasteiger partial charge in [0.15, 0.2) is 0 Å². The number of aromatic nitrogens is 1. The monoisotopic (exact) mass is 325 g/mol. The summed E-state index contributed by atoms with van der Waals surface area (Å²) in [5, 5.41) is 13.3. The van der Waals surface area contributed by atoms with Crippen LogP contribution in [0.4, 0.5) is 0 Å². The van der Waals surface area contributed by atoms with Crippen molar-refractivity contribution in [3.05, 3.63) is 36.0 Å². The maximum Gasteiger partial charge on any atom is 0.340 e. The van der Waals surface area contributed by atoms with Gasteiger partial charge in [-0.15, -0.1) is 0 Å². The van der Waals surface area contributed by atoms with Gasteiger partial charge in [0.1, 0.15) is 12.6 Å². The van der Waals surface area contributed by atoms with Crippen molar-refractivity contribution in [3.63, 3.8) is 0 Å². The molecule has 0 saturated carbocycles. The molecule has 2 fully saturated rings. The zero-order valence-corrected chi connectivity index (χ0v) is 13.3. The molecule has 2 unspecified atom stereocenters. The molecule has 2 aliphatic rings. The highest BCUT2D eigenvalue weighted by molar-refractivity contribution is 6.04. The van der Waals surface area contributed by atoms with Crippen molar-refractivity contribution in [1.82, 2.24) is 9.88 Å². The van der Waals surface area contributed by atoms with Crippen LogP contribution < -0.4 is 5.32 Å². The Kier molecular flexibility index (Phi) is 3.97. The molecule has 1 aromatic carbocycles. The van der Waals surface area contributed by atoms with Crippen molar-refractivity contribution in [2.24, 2.45) is 0 Å². The van der Waals surface area contributed by atoms with Crippen LogP contribution in [0.25, 0.3) is 10.9 Å². The molecule has 2 saturated heterocycles. The van der Waals surface area contributed by atoms with Gasteiger partial charge in [-0.3, -0.25) is 0 Å². The topological polar surface area (TPSA) is 76.3 Å². The normalized spacial score (nSPS) is 26.0. The molecule has 0 aliphatic carbocycles. The Morgan fingerprint density at radius 3 is 2.83 bits per heavy atom. The fourth-order valence-corrected chi connectivity index (χ4v) is 3.71. The first-order chi connectivity index (χ1) is 11.7. The Morgan fingerprint density at radius 2 is 2.08 bits per heavy atom. The van der Waals surface area contributed by atoms with E-state index in [1.165, 1.54) is 0 Å². The molecule has 2 aromatic rings. The largest absolute Gasteiger partial charge is 0.459 e. The number of esters is 1. The lowest BCUT2D eigenvalue weighted by molar-refractivity contribution is -0.0339. The second kappa shape index (κ2) is 6.27. The van der Waals surface area contributed by atoms with Crippen molar-refractivity contribution in [1.29, 1.82) is 5.26 Å². The predicted octanol–water partition coefficient (Wildman–Crippen LogP) is 1.84. The average molecular weight is 325 g/mol. The lowest BCUT2D eigenvalue weighted by Gasteiger charge is -2.39. The molecule has 0 radical (unpaired) electrons. The van der Waals surface area contributed by atoms with E-state index in [0.29, 0.717) is 18.8 Å². The third-order valence-corrected chi connectivity index (χ3v) is 4.73. The Morgan fingerprint density at radius 1 is 1.33 bits per heavy atom. The molecule has 1 N–H and O–H groups in total. The number of rotatable bonds is 3. The number of hydrogen-bond donors (Lipinski definition) is 1. The highest BCUT2D eigenvalue weighted by Crippen LogP contribution is 2.25. The van der Waals surface area contributed by atoms with Crippen LogP contribution in [0.5, 0.6) is 0 Å². The number of nitrogens with one attached hydrogen (secondary N) is 1. The van der Waals surface area contributed by atoms with Crippen molar-refractivity contribution in [3.8, 4) is 6.07 Å². The highest BCUT2D eigenvalue weighted by atomic mass is 16.5. The fraction of sp³-hybridized carbons (Fsp3) is 0.444. The smallest absolute Gasteiger partial charge is 0.340 e. The van der Waals surface area contributed by atoms with Crippen LogP contribution in [0.2, 0.25) is 0 Å². The number of morpholine rings is 1. The van der Waals surface area contributed by atoms with Crippen LogP contribution in [-0.4, -0.2) is 41.9 Å². The predicted molar refractivity (Wildman–Crippen MR) is 87.5 cm³/mol. The van der Waals surface area contributed by atoms with Crippen LogP contribution in [-0.2, 0) is 16.0 Å². The summed E-state index contributed by atoms with van der Waals surface area (Å²) in [4.78, 5) is 12.7. The van der Waals surface area contributed by atoms with E-state index in [1.807, 2.05) is 24.3 Å². The quantitative estimate of drug-likeness (QED) is 0.872. The summed E-state index contributed by atoms with van der Waals surface area (Å²) in [6.07, 6.45) is 3.19. The van der Waals surface area contributed by atoms with E-state index >= 15 is 0 Å². The summed E-state index contributed by atoms with van der Waals surface area (Å²) in [5.41, 5.74) is 1.40. The minimum Gasteiger partial charge on any atom is -0.459 e. The van der Waals surface area contributed by atoms with Gasteiger partial charge in [-0.1, -0.05) is 18.2 Å². The van der Waals surface area contributed by atoms with E-state index in [4.69, 9.17) is 14.7 Å². The molecule has 124 valence electrons. The van der Waals surface area contributed by atoms with E-state index in [0.717, 1.165) is 23.7 Å². The summed E-state index contributed by atoms with van der Waals surface area (Å²) in [5.74, 6) is -0.311. The van der Waals surface area contributed by atoms with Crippen molar-refractivity contribution in [2.45, 2.75) is 37.6 Å². The molecule has 0 spiro atoms. The molecule has 2 atom stereocenters.